The van der Waals surface area contributed by atoms with Crippen molar-refractivity contribution < 1.29 is 4.79 Å². The average molecular weight is 284 g/mol. The number of amides is 1. The van der Waals surface area contributed by atoms with Crippen molar-refractivity contribution in [2.24, 2.45) is 0 Å². The van der Waals surface area contributed by atoms with E-state index in [2.05, 4.69) is 20.5 Å². The minimum Gasteiger partial charge on any atom is -0.319 e. The van der Waals surface area contributed by atoms with Crippen molar-refractivity contribution in [2.75, 3.05) is 5.32 Å². The van der Waals surface area contributed by atoms with Crippen LogP contribution >= 0.6 is 11.3 Å². The van der Waals surface area contributed by atoms with E-state index in [1.54, 1.807) is 35.9 Å². The summed E-state index contributed by atoms with van der Waals surface area (Å²) >= 11 is 1.60. The zero-order valence-corrected chi connectivity index (χ0v) is 11.6. The van der Waals surface area contributed by atoms with E-state index in [1.165, 1.54) is 0 Å². The maximum absolute atomic E-state index is 12.0. The molecule has 2 aromatic heterocycles. The topological polar surface area (TPSA) is 70.7 Å². The highest BCUT2D eigenvalue weighted by Gasteiger charge is 2.08. The van der Waals surface area contributed by atoms with Gasteiger partial charge >= 0.3 is 0 Å². The zero-order valence-electron chi connectivity index (χ0n) is 10.8. The van der Waals surface area contributed by atoms with Crippen LogP contribution in [0.4, 0.5) is 5.69 Å². The number of aromatic nitrogens is 3. The highest BCUT2D eigenvalue weighted by atomic mass is 32.1. The standard InChI is InChI=1S/C14H12N4OS/c1-9-8-20-14(17-9)11-4-2-10(3-5-11)13(19)18-12-6-15-16-7-12/h2-8H,1H3,(H,15,16)(H,18,19). The molecule has 3 aromatic rings. The SMILES string of the molecule is Cc1csc(-c2ccc(C(=O)Nc3cn[nH]c3)cc2)n1. The average Bonchev–Trinajstić information content (AvgIpc) is 3.10. The lowest BCUT2D eigenvalue weighted by molar-refractivity contribution is 0.102. The van der Waals surface area contributed by atoms with Crippen LogP contribution < -0.4 is 5.32 Å². The smallest absolute Gasteiger partial charge is 0.255 e. The summed E-state index contributed by atoms with van der Waals surface area (Å²) in [5.41, 5.74) is 3.27. The number of anilines is 1. The van der Waals surface area contributed by atoms with E-state index < -0.39 is 0 Å². The minimum atomic E-state index is -0.159. The fraction of sp³-hybridized carbons (Fsp3) is 0.0714. The van der Waals surface area contributed by atoms with Crippen molar-refractivity contribution >= 4 is 22.9 Å². The van der Waals surface area contributed by atoms with Gasteiger partial charge in [0.2, 0.25) is 0 Å². The number of rotatable bonds is 3. The first kappa shape index (κ1) is 12.6. The molecule has 0 spiro atoms. The molecule has 3 rings (SSSR count). The fourth-order valence-corrected chi connectivity index (χ4v) is 2.58. The molecule has 0 aliphatic rings. The number of aryl methyl sites for hydroxylation is 1. The Bertz CT molecular complexity index is 716. The van der Waals surface area contributed by atoms with Crippen LogP contribution in [0.3, 0.4) is 0 Å². The van der Waals surface area contributed by atoms with Gasteiger partial charge in [0, 0.05) is 28.4 Å². The third-order valence-electron chi connectivity index (χ3n) is 2.77. The second kappa shape index (κ2) is 5.26. The Morgan fingerprint density at radius 2 is 2.10 bits per heavy atom. The van der Waals surface area contributed by atoms with Crippen LogP contribution in [0.2, 0.25) is 0 Å². The number of nitrogens with one attached hydrogen (secondary N) is 2. The second-order valence-corrected chi connectivity index (χ2v) is 5.17. The molecule has 0 radical (unpaired) electrons. The molecule has 100 valence electrons. The molecule has 5 nitrogen and oxygen atoms in total. The molecule has 0 saturated heterocycles. The monoisotopic (exact) mass is 284 g/mol. The number of carbonyl (C=O) groups excluding carboxylic acids is 1. The number of hydrogen-bond donors (Lipinski definition) is 2. The molecule has 0 aliphatic heterocycles. The van der Waals surface area contributed by atoms with Crippen molar-refractivity contribution in [3.8, 4) is 10.6 Å². The molecule has 1 aromatic carbocycles. The minimum absolute atomic E-state index is 0.159. The van der Waals surface area contributed by atoms with Crippen LogP contribution in [0.15, 0.2) is 42.0 Å². The largest absolute Gasteiger partial charge is 0.319 e. The van der Waals surface area contributed by atoms with Crippen LogP contribution in [0.25, 0.3) is 10.6 Å². The van der Waals surface area contributed by atoms with Gasteiger partial charge in [0.1, 0.15) is 5.01 Å². The molecule has 2 N–H and O–H groups in total. The summed E-state index contributed by atoms with van der Waals surface area (Å²) in [5, 5.41) is 12.2. The molecule has 0 bridgehead atoms. The molecular weight excluding hydrogens is 272 g/mol. The molecule has 6 heteroatoms. The second-order valence-electron chi connectivity index (χ2n) is 4.31. The lowest BCUT2D eigenvalue weighted by atomic mass is 10.1. The maximum atomic E-state index is 12.0. The summed E-state index contributed by atoms with van der Waals surface area (Å²) in [6.45, 7) is 1.97. The Morgan fingerprint density at radius 3 is 2.70 bits per heavy atom. The van der Waals surface area contributed by atoms with Gasteiger partial charge in [-0.05, 0) is 19.1 Å². The molecule has 0 saturated carbocycles. The van der Waals surface area contributed by atoms with Crippen LogP contribution in [0, 0.1) is 6.92 Å². The zero-order chi connectivity index (χ0) is 13.9. The molecule has 1 amide bonds. The van der Waals surface area contributed by atoms with Gasteiger partial charge in [-0.25, -0.2) is 4.98 Å². The lowest BCUT2D eigenvalue weighted by Crippen LogP contribution is -2.11. The van der Waals surface area contributed by atoms with E-state index in [0.29, 0.717) is 11.3 Å². The number of hydrogen-bond acceptors (Lipinski definition) is 4. The molecule has 0 unspecified atom stereocenters. The van der Waals surface area contributed by atoms with Gasteiger partial charge in [-0.2, -0.15) is 5.10 Å². The third-order valence-corrected chi connectivity index (χ3v) is 3.78. The van der Waals surface area contributed by atoms with Crippen LogP contribution in [-0.2, 0) is 0 Å². The Balaban J connectivity index is 1.77. The maximum Gasteiger partial charge on any atom is 0.255 e. The number of nitrogens with zero attached hydrogens (tertiary/aromatic N) is 2. The number of thiazole rings is 1. The molecule has 2 heterocycles. The highest BCUT2D eigenvalue weighted by Crippen LogP contribution is 2.23. The summed E-state index contributed by atoms with van der Waals surface area (Å²) in [5.74, 6) is -0.159. The van der Waals surface area contributed by atoms with Gasteiger partial charge in [0.15, 0.2) is 0 Å². The Morgan fingerprint density at radius 1 is 1.30 bits per heavy atom. The normalized spacial score (nSPS) is 10.4. The summed E-state index contributed by atoms with van der Waals surface area (Å²) in [4.78, 5) is 16.4. The van der Waals surface area contributed by atoms with Gasteiger partial charge < -0.3 is 5.32 Å². The van der Waals surface area contributed by atoms with E-state index in [-0.39, 0.29) is 5.91 Å². The van der Waals surface area contributed by atoms with E-state index in [4.69, 9.17) is 0 Å². The molecule has 20 heavy (non-hydrogen) atoms. The van der Waals surface area contributed by atoms with Gasteiger partial charge in [0.25, 0.3) is 5.91 Å². The van der Waals surface area contributed by atoms with E-state index in [1.807, 2.05) is 24.4 Å². The Kier molecular flexibility index (Phi) is 3.30. The van der Waals surface area contributed by atoms with Crippen molar-refractivity contribution in [3.05, 3.63) is 53.3 Å². The first-order valence-electron chi connectivity index (χ1n) is 6.05. The Hall–Kier alpha value is -2.47. The number of H-pyrrole nitrogens is 1. The number of carbonyl (C=O) groups is 1. The van der Waals surface area contributed by atoms with Gasteiger partial charge in [-0.15, -0.1) is 11.3 Å². The van der Waals surface area contributed by atoms with Crippen molar-refractivity contribution in [1.29, 1.82) is 0 Å². The van der Waals surface area contributed by atoms with Crippen molar-refractivity contribution in [3.63, 3.8) is 0 Å². The lowest BCUT2D eigenvalue weighted by Gasteiger charge is -2.03. The first-order valence-corrected chi connectivity index (χ1v) is 6.93. The van der Waals surface area contributed by atoms with E-state index in [9.17, 15) is 4.79 Å². The summed E-state index contributed by atoms with van der Waals surface area (Å²) in [7, 11) is 0. The molecule has 0 fully saturated rings. The van der Waals surface area contributed by atoms with Crippen LogP contribution in [0.5, 0.6) is 0 Å². The fourth-order valence-electron chi connectivity index (χ4n) is 1.77. The third kappa shape index (κ3) is 2.60. The summed E-state index contributed by atoms with van der Waals surface area (Å²) in [6, 6.07) is 7.40. The molecular formula is C14H12N4OS. The molecule has 0 atom stereocenters. The number of benzene rings is 1. The van der Waals surface area contributed by atoms with Gasteiger partial charge in [-0.3, -0.25) is 9.89 Å². The van der Waals surface area contributed by atoms with Crippen molar-refractivity contribution in [1.82, 2.24) is 15.2 Å². The quantitative estimate of drug-likeness (QED) is 0.776. The predicted octanol–water partition coefficient (Wildman–Crippen LogP) is 3.09. The van der Waals surface area contributed by atoms with Crippen LogP contribution in [-0.4, -0.2) is 21.1 Å². The van der Waals surface area contributed by atoms with E-state index in [0.717, 1.165) is 16.3 Å². The van der Waals surface area contributed by atoms with Gasteiger partial charge in [-0.1, -0.05) is 12.1 Å². The van der Waals surface area contributed by atoms with Crippen LogP contribution in [0.1, 0.15) is 16.1 Å². The highest BCUT2D eigenvalue weighted by molar-refractivity contribution is 7.13. The first-order chi connectivity index (χ1) is 9.72. The van der Waals surface area contributed by atoms with Gasteiger partial charge in [0.05, 0.1) is 11.9 Å². The number of aromatic amines is 1. The predicted molar refractivity (Wildman–Crippen MR) is 78.8 cm³/mol. The Labute approximate surface area is 119 Å². The van der Waals surface area contributed by atoms with Crippen molar-refractivity contribution in [2.45, 2.75) is 6.92 Å². The molecule has 0 aliphatic carbocycles. The summed E-state index contributed by atoms with van der Waals surface area (Å²) < 4.78 is 0. The summed E-state index contributed by atoms with van der Waals surface area (Å²) in [6.07, 6.45) is 3.19. The van der Waals surface area contributed by atoms with E-state index >= 15 is 0 Å².